The van der Waals surface area contributed by atoms with Crippen LogP contribution < -0.4 is 0 Å². The highest BCUT2D eigenvalue weighted by molar-refractivity contribution is 6.06. The van der Waals surface area contributed by atoms with Crippen molar-refractivity contribution in [2.75, 3.05) is 13.1 Å². The molecule has 0 saturated heterocycles. The van der Waals surface area contributed by atoms with E-state index in [9.17, 15) is 4.79 Å². The highest BCUT2D eigenvalue weighted by Crippen LogP contribution is 2.30. The number of nitriles is 2. The molecule has 3 rings (SSSR count). The van der Waals surface area contributed by atoms with E-state index in [1.165, 1.54) is 4.90 Å². The Labute approximate surface area is 162 Å². The molecule has 0 unspecified atom stereocenters. The minimum atomic E-state index is -0.405. The fourth-order valence-corrected chi connectivity index (χ4v) is 3.14. The predicted octanol–water partition coefficient (Wildman–Crippen LogP) is 3.38. The number of furan rings is 1. The fraction of sp³-hybridized carbons (Fsp3) is 0.350. The molecule has 0 aliphatic heterocycles. The van der Waals surface area contributed by atoms with E-state index in [1.54, 1.807) is 16.9 Å². The molecule has 3 aromatic rings. The van der Waals surface area contributed by atoms with Crippen molar-refractivity contribution in [1.82, 2.24) is 19.7 Å². The Morgan fingerprint density at radius 1 is 1.25 bits per heavy atom. The van der Waals surface area contributed by atoms with Crippen molar-refractivity contribution >= 4 is 16.9 Å². The number of aromatic nitrogens is 3. The number of amides is 1. The molecular weight excluding hydrogens is 356 g/mol. The first-order chi connectivity index (χ1) is 13.4. The van der Waals surface area contributed by atoms with E-state index in [0.29, 0.717) is 28.1 Å². The predicted molar refractivity (Wildman–Crippen MR) is 102 cm³/mol. The summed E-state index contributed by atoms with van der Waals surface area (Å²) >= 11 is 0. The van der Waals surface area contributed by atoms with Crippen LogP contribution in [0, 0.1) is 36.5 Å². The van der Waals surface area contributed by atoms with Gasteiger partial charge in [0.05, 0.1) is 35.0 Å². The van der Waals surface area contributed by atoms with Gasteiger partial charge in [-0.2, -0.15) is 15.6 Å². The summed E-state index contributed by atoms with van der Waals surface area (Å²) in [5.74, 6) is 1.04. The highest BCUT2D eigenvalue weighted by atomic mass is 16.3. The summed E-state index contributed by atoms with van der Waals surface area (Å²) < 4.78 is 7.37. The monoisotopic (exact) mass is 376 g/mol. The third-order valence-electron chi connectivity index (χ3n) is 4.41. The molecule has 0 atom stereocenters. The van der Waals surface area contributed by atoms with Gasteiger partial charge >= 0.3 is 0 Å². The van der Waals surface area contributed by atoms with Crippen molar-refractivity contribution in [3.05, 3.63) is 35.4 Å². The molecule has 142 valence electrons. The molecule has 0 fully saturated rings. The zero-order valence-electron chi connectivity index (χ0n) is 16.2. The van der Waals surface area contributed by atoms with E-state index in [0.717, 1.165) is 11.3 Å². The normalized spacial score (nSPS) is 10.8. The maximum absolute atomic E-state index is 13.1. The summed E-state index contributed by atoms with van der Waals surface area (Å²) in [4.78, 5) is 19.1. The first kappa shape index (κ1) is 19.1. The number of pyridine rings is 1. The van der Waals surface area contributed by atoms with Gasteiger partial charge in [-0.3, -0.25) is 4.79 Å². The molecule has 3 aromatic heterocycles. The van der Waals surface area contributed by atoms with Crippen molar-refractivity contribution in [3.8, 4) is 23.4 Å². The summed E-state index contributed by atoms with van der Waals surface area (Å²) in [5.41, 5.74) is 2.30. The van der Waals surface area contributed by atoms with Gasteiger partial charge in [0.25, 0.3) is 5.91 Å². The minimum Gasteiger partial charge on any atom is -0.466 e. The Bertz CT molecular complexity index is 1110. The first-order valence-corrected chi connectivity index (χ1v) is 8.86. The van der Waals surface area contributed by atoms with Gasteiger partial charge in [-0.1, -0.05) is 0 Å². The Morgan fingerprint density at radius 2 is 1.93 bits per heavy atom. The van der Waals surface area contributed by atoms with Crippen LogP contribution in [0.25, 0.3) is 22.3 Å². The van der Waals surface area contributed by atoms with Gasteiger partial charge in [0.15, 0.2) is 5.65 Å². The lowest BCUT2D eigenvalue weighted by Gasteiger charge is -2.17. The van der Waals surface area contributed by atoms with E-state index in [1.807, 2.05) is 45.9 Å². The van der Waals surface area contributed by atoms with Crippen LogP contribution in [0.4, 0.5) is 0 Å². The van der Waals surface area contributed by atoms with Gasteiger partial charge in [-0.15, -0.1) is 0 Å². The molecule has 0 aliphatic carbocycles. The van der Waals surface area contributed by atoms with Crippen LogP contribution in [0.15, 0.2) is 22.7 Å². The molecule has 8 heteroatoms. The highest BCUT2D eigenvalue weighted by Gasteiger charge is 2.23. The first-order valence-electron chi connectivity index (χ1n) is 8.86. The number of carbonyl (C=O) groups is 1. The van der Waals surface area contributed by atoms with Gasteiger partial charge in [0.1, 0.15) is 24.6 Å². The number of rotatable bonds is 5. The van der Waals surface area contributed by atoms with Gasteiger partial charge in [0, 0.05) is 11.6 Å². The number of hydrogen-bond acceptors (Lipinski definition) is 6. The molecule has 0 N–H and O–H groups in total. The Kier molecular flexibility index (Phi) is 5.14. The van der Waals surface area contributed by atoms with Crippen LogP contribution in [0.5, 0.6) is 0 Å². The maximum atomic E-state index is 13.1. The summed E-state index contributed by atoms with van der Waals surface area (Å²) in [6.45, 7) is 7.30. The number of hydrogen-bond donors (Lipinski definition) is 0. The number of nitrogens with zero attached hydrogens (tertiary/aromatic N) is 6. The molecule has 0 radical (unpaired) electrons. The van der Waals surface area contributed by atoms with Gasteiger partial charge < -0.3 is 9.32 Å². The second-order valence-electron chi connectivity index (χ2n) is 6.78. The smallest absolute Gasteiger partial charge is 0.256 e. The standard InChI is InChI=1S/C20H20N6O2/c1-12(2)26-19-17(11-23-26)16(20(27)25(7-5-21)8-6-22)10-18(24-19)15-9-13(3)28-14(15)4/h9-12H,7-8H2,1-4H3. The SMILES string of the molecule is Cc1cc(-c2cc(C(=O)N(CC#N)CC#N)c3cnn(C(C)C)c3n2)c(C)o1. The summed E-state index contributed by atoms with van der Waals surface area (Å²) in [6.07, 6.45) is 1.60. The number of aryl methyl sites for hydroxylation is 2. The van der Waals surface area contributed by atoms with Crippen LogP contribution in [-0.2, 0) is 0 Å². The van der Waals surface area contributed by atoms with Crippen LogP contribution in [0.1, 0.15) is 41.8 Å². The zero-order chi connectivity index (χ0) is 20.4. The lowest BCUT2D eigenvalue weighted by Crippen LogP contribution is -2.32. The van der Waals surface area contributed by atoms with E-state index in [2.05, 4.69) is 5.10 Å². The second kappa shape index (κ2) is 7.53. The summed E-state index contributed by atoms with van der Waals surface area (Å²) in [5, 5.41) is 23.0. The van der Waals surface area contributed by atoms with Crippen LogP contribution in [0.3, 0.4) is 0 Å². The van der Waals surface area contributed by atoms with Crippen molar-refractivity contribution < 1.29 is 9.21 Å². The van der Waals surface area contributed by atoms with Crippen molar-refractivity contribution in [2.45, 2.75) is 33.7 Å². The molecule has 0 aromatic carbocycles. The molecule has 0 spiro atoms. The van der Waals surface area contributed by atoms with Crippen LogP contribution in [0.2, 0.25) is 0 Å². The molecule has 1 amide bonds. The molecule has 0 aliphatic rings. The topological polar surface area (TPSA) is 112 Å². The fourth-order valence-electron chi connectivity index (χ4n) is 3.14. The van der Waals surface area contributed by atoms with Crippen LogP contribution in [-0.4, -0.2) is 38.7 Å². The summed E-state index contributed by atoms with van der Waals surface area (Å²) in [6, 6.07) is 7.47. The molecule has 28 heavy (non-hydrogen) atoms. The number of fused-ring (bicyclic) bond motifs is 1. The zero-order valence-corrected chi connectivity index (χ0v) is 16.2. The van der Waals surface area contributed by atoms with E-state index < -0.39 is 5.91 Å². The average molecular weight is 376 g/mol. The van der Waals surface area contributed by atoms with Gasteiger partial charge in [-0.05, 0) is 39.8 Å². The van der Waals surface area contributed by atoms with Crippen molar-refractivity contribution in [1.29, 1.82) is 10.5 Å². The van der Waals surface area contributed by atoms with Crippen LogP contribution >= 0.6 is 0 Å². The molecular formula is C20H20N6O2. The lowest BCUT2D eigenvalue weighted by molar-refractivity contribution is 0.0796. The minimum absolute atomic E-state index is 0.0460. The third kappa shape index (κ3) is 3.33. The Morgan fingerprint density at radius 3 is 2.46 bits per heavy atom. The Balaban J connectivity index is 2.26. The van der Waals surface area contributed by atoms with E-state index >= 15 is 0 Å². The van der Waals surface area contributed by atoms with E-state index in [-0.39, 0.29) is 19.1 Å². The summed E-state index contributed by atoms with van der Waals surface area (Å²) in [7, 11) is 0. The molecule has 0 bridgehead atoms. The Hall–Kier alpha value is -3.65. The van der Waals surface area contributed by atoms with E-state index in [4.69, 9.17) is 19.9 Å². The average Bonchev–Trinajstić information content (AvgIpc) is 3.22. The van der Waals surface area contributed by atoms with Crippen molar-refractivity contribution in [2.24, 2.45) is 0 Å². The third-order valence-corrected chi connectivity index (χ3v) is 4.41. The van der Waals surface area contributed by atoms with Gasteiger partial charge in [-0.25, -0.2) is 9.67 Å². The maximum Gasteiger partial charge on any atom is 0.256 e. The number of carbonyl (C=O) groups excluding carboxylic acids is 1. The van der Waals surface area contributed by atoms with Gasteiger partial charge in [0.2, 0.25) is 0 Å². The second-order valence-corrected chi connectivity index (χ2v) is 6.78. The van der Waals surface area contributed by atoms with Crippen molar-refractivity contribution in [3.63, 3.8) is 0 Å². The lowest BCUT2D eigenvalue weighted by atomic mass is 10.1. The molecule has 8 nitrogen and oxygen atoms in total. The molecule has 3 heterocycles. The molecule has 0 saturated carbocycles. The quantitative estimate of drug-likeness (QED) is 0.631. The largest absolute Gasteiger partial charge is 0.466 e.